The number of rotatable bonds is 10. The van der Waals surface area contributed by atoms with E-state index in [1.54, 1.807) is 24.3 Å². The Balaban J connectivity index is 1.36. The molecule has 11 nitrogen and oxygen atoms in total. The molecule has 2 aromatic heterocycles. The number of nitrogens with one attached hydrogen (secondary N) is 1. The van der Waals surface area contributed by atoms with Crippen molar-refractivity contribution in [2.45, 2.75) is 49.4 Å². The standard InChI is InChI=1S/C25H26ClN5O6/c1-2-25(35)17(12-36-16(23(33)34)10-14-6-4-3-5-7-14)37-22(19(25)32)31-13-28-18-20(27-11-15-8-9-15)29-24(26)30-21(18)31/h1,3-7,13,15-17,19,22,32,35H,8-12H2,(H,33,34)(H,27,29,30)/t16?,17-,19+,22-,25-/m1/s1. The number of carbonyl (C=O) groups is 1. The Morgan fingerprint density at radius 1 is 1.35 bits per heavy atom. The van der Waals surface area contributed by atoms with E-state index in [1.165, 1.54) is 10.9 Å². The van der Waals surface area contributed by atoms with Crippen LogP contribution in [-0.2, 0) is 20.7 Å². The topological polar surface area (TPSA) is 152 Å². The second-order valence-corrected chi connectivity index (χ2v) is 9.61. The highest BCUT2D eigenvalue weighted by Gasteiger charge is 2.56. The fourth-order valence-corrected chi connectivity index (χ4v) is 4.49. The predicted molar refractivity (Wildman–Crippen MR) is 133 cm³/mol. The minimum Gasteiger partial charge on any atom is -0.479 e. The molecule has 37 heavy (non-hydrogen) atoms. The summed E-state index contributed by atoms with van der Waals surface area (Å²) in [4.78, 5) is 24.6. The van der Waals surface area contributed by atoms with Crippen LogP contribution in [-0.4, -0.2) is 77.9 Å². The highest BCUT2D eigenvalue weighted by Crippen LogP contribution is 2.39. The van der Waals surface area contributed by atoms with E-state index in [4.69, 9.17) is 27.5 Å². The second-order valence-electron chi connectivity index (χ2n) is 9.27. The van der Waals surface area contributed by atoms with Gasteiger partial charge in [0, 0.05) is 13.0 Å². The van der Waals surface area contributed by atoms with Crippen LogP contribution in [0.4, 0.5) is 5.82 Å². The van der Waals surface area contributed by atoms with Crippen LogP contribution in [0, 0.1) is 18.3 Å². The van der Waals surface area contributed by atoms with E-state index in [2.05, 4.69) is 26.2 Å². The number of ether oxygens (including phenoxy) is 2. The van der Waals surface area contributed by atoms with Crippen molar-refractivity contribution in [1.29, 1.82) is 0 Å². The zero-order valence-corrected chi connectivity index (χ0v) is 20.5. The first-order chi connectivity index (χ1) is 17.8. The van der Waals surface area contributed by atoms with Crippen molar-refractivity contribution in [3.8, 4) is 12.3 Å². The summed E-state index contributed by atoms with van der Waals surface area (Å²) < 4.78 is 13.0. The number of aliphatic hydroxyl groups excluding tert-OH is 1. The van der Waals surface area contributed by atoms with Crippen molar-refractivity contribution < 1.29 is 29.6 Å². The van der Waals surface area contributed by atoms with Gasteiger partial charge in [-0.1, -0.05) is 36.3 Å². The van der Waals surface area contributed by atoms with Gasteiger partial charge in [-0.2, -0.15) is 9.97 Å². The van der Waals surface area contributed by atoms with Crippen LogP contribution in [0.1, 0.15) is 24.6 Å². The molecule has 2 aliphatic rings. The maximum atomic E-state index is 11.8. The van der Waals surface area contributed by atoms with Crippen LogP contribution in [0.2, 0.25) is 5.28 Å². The molecule has 1 saturated carbocycles. The molecule has 12 heteroatoms. The molecule has 3 heterocycles. The van der Waals surface area contributed by atoms with Gasteiger partial charge in [0.15, 0.2) is 34.9 Å². The Morgan fingerprint density at radius 2 is 2.11 bits per heavy atom. The number of terminal acetylenes is 1. The lowest BCUT2D eigenvalue weighted by Gasteiger charge is -2.26. The Bertz CT molecular complexity index is 1330. The third-order valence-corrected chi connectivity index (χ3v) is 6.83. The number of anilines is 1. The molecule has 5 atom stereocenters. The Morgan fingerprint density at radius 3 is 2.78 bits per heavy atom. The summed E-state index contributed by atoms with van der Waals surface area (Å²) in [5, 5.41) is 35.0. The first-order valence-corrected chi connectivity index (χ1v) is 12.2. The molecule has 1 saturated heterocycles. The average molecular weight is 528 g/mol. The van der Waals surface area contributed by atoms with Crippen LogP contribution >= 0.6 is 11.6 Å². The maximum Gasteiger partial charge on any atom is 0.333 e. The number of nitrogens with zero attached hydrogens (tertiary/aromatic N) is 4. The van der Waals surface area contributed by atoms with Gasteiger partial charge in [-0.25, -0.2) is 9.78 Å². The minimum atomic E-state index is -2.17. The lowest BCUT2D eigenvalue weighted by atomic mass is 9.93. The Hall–Kier alpha value is -3.27. The minimum absolute atomic E-state index is 0.0302. The number of halogens is 1. The monoisotopic (exact) mass is 527 g/mol. The van der Waals surface area contributed by atoms with E-state index in [-0.39, 0.29) is 24.0 Å². The lowest BCUT2D eigenvalue weighted by molar-refractivity contribution is -0.156. The zero-order valence-electron chi connectivity index (χ0n) is 19.7. The van der Waals surface area contributed by atoms with Crippen molar-refractivity contribution in [3.05, 3.63) is 47.5 Å². The van der Waals surface area contributed by atoms with Gasteiger partial charge in [0.1, 0.15) is 12.2 Å². The van der Waals surface area contributed by atoms with Crippen molar-refractivity contribution >= 4 is 34.6 Å². The quantitative estimate of drug-likeness (QED) is 0.226. The van der Waals surface area contributed by atoms with Crippen LogP contribution in [0.15, 0.2) is 36.7 Å². The molecule has 0 amide bonds. The number of hydrogen-bond acceptors (Lipinski definition) is 9. The van der Waals surface area contributed by atoms with E-state index in [0.717, 1.165) is 24.9 Å². The molecule has 194 valence electrons. The van der Waals surface area contributed by atoms with Crippen molar-refractivity contribution in [2.75, 3.05) is 18.5 Å². The highest BCUT2D eigenvalue weighted by molar-refractivity contribution is 6.28. The maximum absolute atomic E-state index is 11.8. The summed E-state index contributed by atoms with van der Waals surface area (Å²) in [7, 11) is 0. The number of aliphatic carboxylic acids is 1. The van der Waals surface area contributed by atoms with Gasteiger partial charge in [0.25, 0.3) is 0 Å². The lowest BCUT2D eigenvalue weighted by Crippen LogP contribution is -2.48. The van der Waals surface area contributed by atoms with Gasteiger partial charge in [-0.15, -0.1) is 6.42 Å². The summed E-state index contributed by atoms with van der Waals surface area (Å²) >= 11 is 6.16. The van der Waals surface area contributed by atoms with Crippen LogP contribution in [0.25, 0.3) is 11.2 Å². The highest BCUT2D eigenvalue weighted by atomic mass is 35.5. The van der Waals surface area contributed by atoms with Crippen LogP contribution < -0.4 is 5.32 Å². The second kappa shape index (κ2) is 10.2. The molecule has 5 rings (SSSR count). The largest absolute Gasteiger partial charge is 0.479 e. The summed E-state index contributed by atoms with van der Waals surface area (Å²) in [6.07, 6.45) is 4.13. The SMILES string of the molecule is C#C[C@@]1(O)[C@@H](COC(Cc2ccccc2)C(=O)O)O[C@@H](n2cnc3c(NCC4CC4)nc(Cl)nc32)[C@@H]1O. The van der Waals surface area contributed by atoms with Gasteiger partial charge in [0.05, 0.1) is 12.9 Å². The summed E-state index contributed by atoms with van der Waals surface area (Å²) in [5.74, 6) is 2.04. The molecule has 1 unspecified atom stereocenters. The van der Waals surface area contributed by atoms with Gasteiger partial charge < -0.3 is 30.1 Å². The summed E-state index contributed by atoms with van der Waals surface area (Å²) in [5.41, 5.74) is -0.713. The fourth-order valence-electron chi connectivity index (χ4n) is 4.33. The van der Waals surface area contributed by atoms with E-state index in [9.17, 15) is 20.1 Å². The third-order valence-electron chi connectivity index (χ3n) is 6.66. The molecule has 0 spiro atoms. The molecule has 1 aliphatic carbocycles. The van der Waals surface area contributed by atoms with Crippen molar-refractivity contribution in [3.63, 3.8) is 0 Å². The van der Waals surface area contributed by atoms with Gasteiger partial charge in [-0.05, 0) is 35.9 Å². The molecular weight excluding hydrogens is 502 g/mol. The molecular formula is C25H26ClN5O6. The number of fused-ring (bicyclic) bond motifs is 1. The number of carboxylic acid groups (broad SMARTS) is 1. The number of aliphatic hydroxyl groups is 2. The number of carboxylic acids is 1. The molecule has 4 N–H and O–H groups in total. The van der Waals surface area contributed by atoms with Crippen LogP contribution in [0.3, 0.4) is 0 Å². The molecule has 1 aromatic carbocycles. The van der Waals surface area contributed by atoms with E-state index >= 15 is 0 Å². The number of imidazole rings is 1. The third kappa shape index (κ3) is 5.12. The zero-order chi connectivity index (χ0) is 26.2. The Kier molecular flexibility index (Phi) is 7.02. The number of hydrogen-bond donors (Lipinski definition) is 4. The van der Waals surface area contributed by atoms with Gasteiger partial charge in [-0.3, -0.25) is 4.57 Å². The number of benzene rings is 1. The molecule has 1 aliphatic heterocycles. The van der Waals surface area contributed by atoms with E-state index < -0.39 is 36.1 Å². The molecule has 0 bridgehead atoms. The van der Waals surface area contributed by atoms with Crippen LogP contribution in [0.5, 0.6) is 0 Å². The van der Waals surface area contributed by atoms with E-state index in [1.807, 2.05) is 6.07 Å². The van der Waals surface area contributed by atoms with Crippen molar-refractivity contribution in [2.24, 2.45) is 5.92 Å². The first kappa shape index (κ1) is 25.4. The molecule has 3 aromatic rings. The van der Waals surface area contributed by atoms with Gasteiger partial charge >= 0.3 is 5.97 Å². The summed E-state index contributed by atoms with van der Waals surface area (Å²) in [6, 6.07) is 8.99. The summed E-state index contributed by atoms with van der Waals surface area (Å²) in [6.45, 7) is 0.344. The predicted octanol–water partition coefficient (Wildman–Crippen LogP) is 1.64. The first-order valence-electron chi connectivity index (χ1n) is 11.9. The molecule has 2 fully saturated rings. The normalized spacial score (nSPS) is 26.2. The van der Waals surface area contributed by atoms with Gasteiger partial charge in [0.2, 0.25) is 5.28 Å². The number of aromatic nitrogens is 4. The smallest absolute Gasteiger partial charge is 0.333 e. The van der Waals surface area contributed by atoms with Crippen molar-refractivity contribution in [1.82, 2.24) is 19.5 Å². The van der Waals surface area contributed by atoms with E-state index in [0.29, 0.717) is 17.3 Å². The molecule has 0 radical (unpaired) electrons. The Labute approximate surface area is 217 Å². The average Bonchev–Trinajstić information content (AvgIpc) is 3.58. The fraction of sp³-hybridized carbons (Fsp3) is 0.440.